The molecule has 0 aliphatic carbocycles. The van der Waals surface area contributed by atoms with Crippen molar-refractivity contribution in [2.45, 2.75) is 6.92 Å². The van der Waals surface area contributed by atoms with Crippen LogP contribution in [0.4, 0.5) is 0 Å². The van der Waals surface area contributed by atoms with Gasteiger partial charge in [0, 0.05) is 5.56 Å². The van der Waals surface area contributed by atoms with E-state index in [9.17, 15) is 4.79 Å². The van der Waals surface area contributed by atoms with Crippen LogP contribution in [0, 0.1) is 6.92 Å². The molecule has 0 amide bonds. The van der Waals surface area contributed by atoms with E-state index in [1.165, 1.54) is 18.4 Å². The molecule has 3 rings (SSSR count). The molecule has 0 saturated carbocycles. The van der Waals surface area contributed by atoms with Crippen LogP contribution < -0.4 is 9.47 Å². The zero-order valence-electron chi connectivity index (χ0n) is 11.4. The van der Waals surface area contributed by atoms with Crippen molar-refractivity contribution in [2.24, 2.45) is 0 Å². The topological polar surface area (TPSA) is 57.7 Å². The lowest BCUT2D eigenvalue weighted by Gasteiger charge is -2.20. The molecular weight excluding hydrogens is 358 g/mol. The quantitative estimate of drug-likeness (QED) is 0.758. The van der Waals surface area contributed by atoms with E-state index >= 15 is 0 Å². The van der Waals surface area contributed by atoms with Crippen molar-refractivity contribution in [2.75, 3.05) is 20.3 Å². The monoisotopic (exact) mass is 369 g/mol. The van der Waals surface area contributed by atoms with Gasteiger partial charge in [0.25, 0.3) is 0 Å². The summed E-state index contributed by atoms with van der Waals surface area (Å²) < 4.78 is 16.7. The van der Waals surface area contributed by atoms with Crippen molar-refractivity contribution in [3.63, 3.8) is 0 Å². The molecule has 1 aromatic heterocycles. The molecule has 0 N–H and O–H groups in total. The molecule has 0 unspecified atom stereocenters. The van der Waals surface area contributed by atoms with Gasteiger partial charge in [-0.3, -0.25) is 0 Å². The minimum Gasteiger partial charge on any atom is -0.486 e. The van der Waals surface area contributed by atoms with E-state index in [1.54, 1.807) is 6.92 Å². The van der Waals surface area contributed by atoms with Crippen molar-refractivity contribution in [3.8, 4) is 22.1 Å². The van der Waals surface area contributed by atoms with Crippen LogP contribution in [0.25, 0.3) is 10.6 Å². The lowest BCUT2D eigenvalue weighted by Crippen LogP contribution is -2.15. The fourth-order valence-electron chi connectivity index (χ4n) is 2.04. The van der Waals surface area contributed by atoms with Crippen molar-refractivity contribution in [1.29, 1.82) is 0 Å². The van der Waals surface area contributed by atoms with E-state index in [4.69, 9.17) is 14.2 Å². The SMILES string of the molecule is COC(=O)c1sc(-c2cc(Br)c3c(c2)OCCO3)nc1C. The molecule has 0 atom stereocenters. The third-order valence-electron chi connectivity index (χ3n) is 3.01. The number of fused-ring (bicyclic) bond motifs is 1. The van der Waals surface area contributed by atoms with Crippen LogP contribution in [0.15, 0.2) is 16.6 Å². The molecule has 7 heteroatoms. The van der Waals surface area contributed by atoms with Crippen molar-refractivity contribution >= 4 is 33.2 Å². The predicted octanol–water partition coefficient (Wildman–Crippen LogP) is 3.44. The number of methoxy groups -OCH3 is 1. The number of thiazole rings is 1. The molecule has 21 heavy (non-hydrogen) atoms. The highest BCUT2D eigenvalue weighted by atomic mass is 79.9. The van der Waals surface area contributed by atoms with Crippen molar-refractivity contribution in [3.05, 3.63) is 27.2 Å². The minimum absolute atomic E-state index is 0.368. The van der Waals surface area contributed by atoms with Crippen LogP contribution in [0.5, 0.6) is 11.5 Å². The zero-order valence-corrected chi connectivity index (χ0v) is 13.8. The molecule has 0 bridgehead atoms. The number of hydrogen-bond acceptors (Lipinski definition) is 6. The van der Waals surface area contributed by atoms with Crippen LogP contribution in [0.2, 0.25) is 0 Å². The maximum absolute atomic E-state index is 11.7. The van der Waals surface area contributed by atoms with E-state index in [0.29, 0.717) is 35.3 Å². The fraction of sp³-hybridized carbons (Fsp3) is 0.286. The number of rotatable bonds is 2. The van der Waals surface area contributed by atoms with Gasteiger partial charge >= 0.3 is 5.97 Å². The number of hydrogen-bond donors (Lipinski definition) is 0. The van der Waals surface area contributed by atoms with E-state index < -0.39 is 0 Å². The Morgan fingerprint density at radius 3 is 2.90 bits per heavy atom. The molecule has 110 valence electrons. The third kappa shape index (κ3) is 2.63. The maximum Gasteiger partial charge on any atom is 0.349 e. The van der Waals surface area contributed by atoms with E-state index in [2.05, 4.69) is 20.9 Å². The van der Waals surface area contributed by atoms with Crippen LogP contribution >= 0.6 is 27.3 Å². The summed E-state index contributed by atoms with van der Waals surface area (Å²) in [7, 11) is 1.36. The number of ether oxygens (including phenoxy) is 3. The lowest BCUT2D eigenvalue weighted by molar-refractivity contribution is 0.0605. The highest BCUT2D eigenvalue weighted by molar-refractivity contribution is 9.10. The second-order valence-corrected chi connectivity index (χ2v) is 6.26. The minimum atomic E-state index is -0.368. The Morgan fingerprint density at radius 2 is 2.14 bits per heavy atom. The maximum atomic E-state index is 11.7. The van der Waals surface area contributed by atoms with Gasteiger partial charge in [0.15, 0.2) is 11.5 Å². The van der Waals surface area contributed by atoms with Gasteiger partial charge in [-0.15, -0.1) is 11.3 Å². The molecule has 2 aromatic rings. The lowest BCUT2D eigenvalue weighted by atomic mass is 10.2. The van der Waals surface area contributed by atoms with Gasteiger partial charge in [0.05, 0.1) is 17.3 Å². The van der Waals surface area contributed by atoms with Gasteiger partial charge in [-0.25, -0.2) is 9.78 Å². The summed E-state index contributed by atoms with van der Waals surface area (Å²) in [6.07, 6.45) is 0. The van der Waals surface area contributed by atoms with Crippen LogP contribution in [-0.2, 0) is 4.74 Å². The Bertz CT molecular complexity index is 713. The molecule has 1 aliphatic heterocycles. The molecule has 1 aliphatic rings. The Morgan fingerprint density at radius 1 is 1.38 bits per heavy atom. The number of nitrogens with zero attached hydrogens (tertiary/aromatic N) is 1. The highest BCUT2D eigenvalue weighted by Gasteiger charge is 2.21. The second kappa shape index (κ2) is 5.65. The summed E-state index contributed by atoms with van der Waals surface area (Å²) in [5.41, 5.74) is 1.53. The summed E-state index contributed by atoms with van der Waals surface area (Å²) >= 11 is 4.78. The molecule has 1 aromatic carbocycles. The fourth-order valence-corrected chi connectivity index (χ4v) is 3.56. The standard InChI is InChI=1S/C14H12BrNO4S/c1-7-12(14(17)18-2)21-13(16-7)8-5-9(15)11-10(6-8)19-3-4-20-11/h5-6H,3-4H2,1-2H3. The number of carbonyl (C=O) groups is 1. The number of carbonyl (C=O) groups excluding carboxylic acids is 1. The zero-order chi connectivity index (χ0) is 15.0. The van der Waals surface area contributed by atoms with E-state index in [0.717, 1.165) is 15.0 Å². The molecule has 0 fully saturated rings. The van der Waals surface area contributed by atoms with Crippen molar-refractivity contribution in [1.82, 2.24) is 4.98 Å². The van der Waals surface area contributed by atoms with Gasteiger partial charge in [-0.05, 0) is 35.0 Å². The average Bonchev–Trinajstić information content (AvgIpc) is 2.88. The smallest absolute Gasteiger partial charge is 0.349 e. The number of halogens is 1. The van der Waals surface area contributed by atoms with Crippen LogP contribution in [0.1, 0.15) is 15.4 Å². The molecule has 0 spiro atoms. The third-order valence-corrected chi connectivity index (χ3v) is 4.79. The first-order chi connectivity index (χ1) is 10.1. The largest absolute Gasteiger partial charge is 0.486 e. The van der Waals surface area contributed by atoms with Gasteiger partial charge in [-0.2, -0.15) is 0 Å². The van der Waals surface area contributed by atoms with Gasteiger partial charge < -0.3 is 14.2 Å². The van der Waals surface area contributed by atoms with Crippen LogP contribution in [-0.4, -0.2) is 31.3 Å². The summed E-state index contributed by atoms with van der Waals surface area (Å²) in [5, 5.41) is 0.741. The molecule has 2 heterocycles. The van der Waals surface area contributed by atoms with Gasteiger partial charge in [-0.1, -0.05) is 0 Å². The van der Waals surface area contributed by atoms with Crippen molar-refractivity contribution < 1.29 is 19.0 Å². The Kier molecular flexibility index (Phi) is 3.86. The predicted molar refractivity (Wildman–Crippen MR) is 82.3 cm³/mol. The summed E-state index contributed by atoms with van der Waals surface area (Å²) in [5.74, 6) is 1.01. The first-order valence-electron chi connectivity index (χ1n) is 6.25. The molecular formula is C14H12BrNO4S. The number of aryl methyl sites for hydroxylation is 1. The summed E-state index contributed by atoms with van der Waals surface area (Å²) in [4.78, 5) is 16.6. The molecule has 0 radical (unpaired) electrons. The first kappa shape index (κ1) is 14.3. The van der Waals surface area contributed by atoms with E-state index in [-0.39, 0.29) is 5.97 Å². The highest BCUT2D eigenvalue weighted by Crippen LogP contribution is 2.42. The summed E-state index contributed by atoms with van der Waals surface area (Å²) in [6.45, 7) is 2.85. The Labute approximate surface area is 134 Å². The normalized spacial score (nSPS) is 13.1. The number of aromatic nitrogens is 1. The van der Waals surface area contributed by atoms with Crippen LogP contribution in [0.3, 0.4) is 0 Å². The molecule has 5 nitrogen and oxygen atoms in total. The Balaban J connectivity index is 2.05. The summed E-state index contributed by atoms with van der Waals surface area (Å²) in [6, 6.07) is 3.78. The first-order valence-corrected chi connectivity index (χ1v) is 7.86. The second-order valence-electron chi connectivity index (χ2n) is 4.41. The molecule has 0 saturated heterocycles. The number of benzene rings is 1. The number of esters is 1. The average molecular weight is 370 g/mol. The Hall–Kier alpha value is -1.60. The van der Waals surface area contributed by atoms with E-state index in [1.807, 2.05) is 12.1 Å². The van der Waals surface area contributed by atoms with Gasteiger partial charge in [0.2, 0.25) is 0 Å². The van der Waals surface area contributed by atoms with Gasteiger partial charge in [0.1, 0.15) is 23.1 Å².